The highest BCUT2D eigenvalue weighted by atomic mass is 16.5. The third-order valence-electron chi connectivity index (χ3n) is 4.34. The molecule has 118 valence electrons. The summed E-state index contributed by atoms with van der Waals surface area (Å²) in [5, 5.41) is 3.53. The summed E-state index contributed by atoms with van der Waals surface area (Å²) in [5.41, 5.74) is 0. The van der Waals surface area contributed by atoms with Crippen molar-refractivity contribution in [3.8, 4) is 0 Å². The minimum absolute atomic E-state index is 0.198. The van der Waals surface area contributed by atoms with Crippen LogP contribution < -0.4 is 5.32 Å². The van der Waals surface area contributed by atoms with E-state index in [0.29, 0.717) is 0 Å². The van der Waals surface area contributed by atoms with E-state index >= 15 is 0 Å². The second-order valence-electron chi connectivity index (χ2n) is 5.93. The molecule has 4 heteroatoms. The fourth-order valence-corrected chi connectivity index (χ4v) is 3.12. The van der Waals surface area contributed by atoms with Gasteiger partial charge in [0.2, 0.25) is 5.76 Å². The molecule has 0 radical (unpaired) electrons. The smallest absolute Gasteiger partial charge is 0.373 e. The quantitative estimate of drug-likeness (QED) is 0.734. The number of nitrogens with one attached hydrogen (secondary N) is 1. The molecule has 1 aliphatic rings. The highest BCUT2D eigenvalue weighted by molar-refractivity contribution is 5.86. The lowest BCUT2D eigenvalue weighted by atomic mass is 9.97. The Labute approximate surface area is 127 Å². The molecule has 1 atom stereocenters. The molecule has 1 saturated carbocycles. The zero-order valence-corrected chi connectivity index (χ0v) is 13.2. The molecule has 1 heterocycles. The summed E-state index contributed by atoms with van der Waals surface area (Å²) in [5.74, 6) is 1.59. The van der Waals surface area contributed by atoms with Crippen LogP contribution in [0.15, 0.2) is 16.5 Å². The Morgan fingerprint density at radius 1 is 1.43 bits per heavy atom. The molecule has 21 heavy (non-hydrogen) atoms. The van der Waals surface area contributed by atoms with Crippen LogP contribution in [0.4, 0.5) is 0 Å². The van der Waals surface area contributed by atoms with Crippen molar-refractivity contribution in [2.45, 2.75) is 57.9 Å². The van der Waals surface area contributed by atoms with Crippen LogP contribution in [0.25, 0.3) is 0 Å². The number of rotatable bonds is 8. The average Bonchev–Trinajstić information content (AvgIpc) is 3.18. The van der Waals surface area contributed by atoms with Gasteiger partial charge in [0.25, 0.3) is 0 Å². The van der Waals surface area contributed by atoms with Crippen LogP contribution in [0.3, 0.4) is 0 Å². The Morgan fingerprint density at radius 2 is 2.19 bits per heavy atom. The molecule has 1 aromatic rings. The Kier molecular flexibility index (Phi) is 6.30. The third-order valence-corrected chi connectivity index (χ3v) is 4.34. The Bertz CT molecular complexity index is 435. The number of carbonyl (C=O) groups excluding carboxylic acids is 1. The number of ether oxygens (including phenoxy) is 1. The number of carbonyl (C=O) groups is 1. The van der Waals surface area contributed by atoms with E-state index < -0.39 is 5.97 Å². The van der Waals surface area contributed by atoms with Crippen LogP contribution in [0.5, 0.6) is 0 Å². The van der Waals surface area contributed by atoms with Gasteiger partial charge in [-0.1, -0.05) is 32.6 Å². The van der Waals surface area contributed by atoms with Gasteiger partial charge >= 0.3 is 5.97 Å². The minimum Gasteiger partial charge on any atom is -0.463 e. The van der Waals surface area contributed by atoms with E-state index in [1.807, 2.05) is 6.07 Å². The maximum atomic E-state index is 11.5. The third kappa shape index (κ3) is 4.60. The number of esters is 1. The second kappa shape index (κ2) is 8.23. The Balaban J connectivity index is 1.96. The first-order chi connectivity index (χ1) is 10.2. The lowest BCUT2D eigenvalue weighted by Gasteiger charge is -2.18. The predicted octanol–water partition coefficient (Wildman–Crippen LogP) is 4.08. The van der Waals surface area contributed by atoms with Gasteiger partial charge in [0.1, 0.15) is 5.76 Å². The molecule has 4 nitrogen and oxygen atoms in total. The fraction of sp³-hybridized carbons (Fsp3) is 0.706. The molecule has 1 N–H and O–H groups in total. The van der Waals surface area contributed by atoms with Gasteiger partial charge in [0.05, 0.1) is 13.2 Å². The largest absolute Gasteiger partial charge is 0.463 e. The molecule has 0 amide bonds. The molecule has 1 aromatic heterocycles. The van der Waals surface area contributed by atoms with Gasteiger partial charge in [0.15, 0.2) is 0 Å². The standard InChI is InChI=1S/C17H27NO3/c1-3-12-18-14(9-8-13-6-4-5-7-13)15-10-11-16(21-15)17(19)20-2/h10-11,13-14,18H,3-9,12H2,1-2H3. The minimum atomic E-state index is -0.411. The van der Waals surface area contributed by atoms with Crippen molar-refractivity contribution in [2.24, 2.45) is 5.92 Å². The van der Waals surface area contributed by atoms with Crippen LogP contribution in [-0.2, 0) is 4.74 Å². The average molecular weight is 293 g/mol. The Hall–Kier alpha value is -1.29. The van der Waals surface area contributed by atoms with Gasteiger partial charge in [-0.05, 0) is 43.9 Å². The number of methoxy groups -OCH3 is 1. The van der Waals surface area contributed by atoms with Crippen molar-refractivity contribution < 1.29 is 13.9 Å². The number of hydrogen-bond acceptors (Lipinski definition) is 4. The molecule has 1 fully saturated rings. The summed E-state index contributed by atoms with van der Waals surface area (Å²) in [6.07, 6.45) is 8.88. The van der Waals surface area contributed by atoms with Crippen molar-refractivity contribution in [1.82, 2.24) is 5.32 Å². The molecule has 0 saturated heterocycles. The van der Waals surface area contributed by atoms with E-state index in [-0.39, 0.29) is 11.8 Å². The molecule has 1 unspecified atom stereocenters. The van der Waals surface area contributed by atoms with E-state index in [9.17, 15) is 4.79 Å². The van der Waals surface area contributed by atoms with Gasteiger partial charge in [-0.25, -0.2) is 4.79 Å². The summed E-state index contributed by atoms with van der Waals surface area (Å²) in [6, 6.07) is 3.80. The van der Waals surface area contributed by atoms with Gasteiger partial charge in [-0.15, -0.1) is 0 Å². The molecule has 0 spiro atoms. The summed E-state index contributed by atoms with van der Waals surface area (Å²) >= 11 is 0. The molecule has 0 aromatic carbocycles. The van der Waals surface area contributed by atoms with E-state index in [4.69, 9.17) is 9.15 Å². The van der Waals surface area contributed by atoms with Crippen molar-refractivity contribution in [3.05, 3.63) is 23.7 Å². The highest BCUT2D eigenvalue weighted by Crippen LogP contribution is 2.32. The van der Waals surface area contributed by atoms with Crippen molar-refractivity contribution in [3.63, 3.8) is 0 Å². The first-order valence-corrected chi connectivity index (χ1v) is 8.16. The Morgan fingerprint density at radius 3 is 2.86 bits per heavy atom. The molecular weight excluding hydrogens is 266 g/mol. The van der Waals surface area contributed by atoms with Crippen molar-refractivity contribution >= 4 is 5.97 Å². The van der Waals surface area contributed by atoms with Gasteiger partial charge in [0, 0.05) is 0 Å². The lowest BCUT2D eigenvalue weighted by molar-refractivity contribution is 0.0561. The van der Waals surface area contributed by atoms with Crippen molar-refractivity contribution in [1.29, 1.82) is 0 Å². The zero-order valence-electron chi connectivity index (χ0n) is 13.2. The maximum Gasteiger partial charge on any atom is 0.373 e. The van der Waals surface area contributed by atoms with Crippen LogP contribution in [-0.4, -0.2) is 19.6 Å². The number of furan rings is 1. The summed E-state index contributed by atoms with van der Waals surface area (Å²) in [7, 11) is 1.37. The SMILES string of the molecule is CCCNC(CCC1CCCC1)c1ccc(C(=O)OC)o1. The normalized spacial score (nSPS) is 17.0. The van der Waals surface area contributed by atoms with E-state index in [1.165, 1.54) is 39.2 Å². The van der Waals surface area contributed by atoms with E-state index in [2.05, 4.69) is 12.2 Å². The van der Waals surface area contributed by atoms with Crippen LogP contribution in [0.2, 0.25) is 0 Å². The zero-order chi connectivity index (χ0) is 15.1. The predicted molar refractivity (Wildman–Crippen MR) is 82.3 cm³/mol. The van der Waals surface area contributed by atoms with Gasteiger partial charge in [-0.3, -0.25) is 0 Å². The first-order valence-electron chi connectivity index (χ1n) is 8.16. The van der Waals surface area contributed by atoms with Crippen molar-refractivity contribution in [2.75, 3.05) is 13.7 Å². The lowest BCUT2D eigenvalue weighted by Crippen LogP contribution is -2.22. The first kappa shape index (κ1) is 16.1. The number of hydrogen-bond donors (Lipinski definition) is 1. The van der Waals surface area contributed by atoms with Gasteiger partial charge < -0.3 is 14.5 Å². The maximum absolute atomic E-state index is 11.5. The topological polar surface area (TPSA) is 51.5 Å². The van der Waals surface area contributed by atoms with Crippen LogP contribution in [0.1, 0.15) is 74.2 Å². The summed E-state index contributed by atoms with van der Waals surface area (Å²) in [4.78, 5) is 11.5. The highest BCUT2D eigenvalue weighted by Gasteiger charge is 2.21. The van der Waals surface area contributed by atoms with Crippen LogP contribution >= 0.6 is 0 Å². The van der Waals surface area contributed by atoms with E-state index in [1.54, 1.807) is 6.07 Å². The molecule has 1 aliphatic carbocycles. The molecular formula is C17H27NO3. The summed E-state index contributed by atoms with van der Waals surface area (Å²) < 4.78 is 10.4. The van der Waals surface area contributed by atoms with E-state index in [0.717, 1.165) is 31.1 Å². The fourth-order valence-electron chi connectivity index (χ4n) is 3.12. The monoisotopic (exact) mass is 293 g/mol. The molecule has 0 aliphatic heterocycles. The molecule has 0 bridgehead atoms. The van der Waals surface area contributed by atoms with Gasteiger partial charge in [-0.2, -0.15) is 0 Å². The molecule has 2 rings (SSSR count). The van der Waals surface area contributed by atoms with Crippen LogP contribution in [0, 0.1) is 5.92 Å². The summed E-state index contributed by atoms with van der Waals surface area (Å²) in [6.45, 7) is 3.12. The second-order valence-corrected chi connectivity index (χ2v) is 5.93.